The average Bonchev–Trinajstić information content (AvgIpc) is 2.59. The van der Waals surface area contributed by atoms with Gasteiger partial charge in [0.05, 0.1) is 16.3 Å². The molecule has 2 rings (SSSR count). The van der Waals surface area contributed by atoms with E-state index in [-0.39, 0.29) is 27.2 Å². The van der Waals surface area contributed by atoms with E-state index in [4.69, 9.17) is 33.7 Å². The molecule has 9 heteroatoms. The molecule has 0 aliphatic heterocycles. The number of halogens is 2. The Morgan fingerprint density at radius 3 is 2.15 bits per heavy atom. The third-order valence-corrected chi connectivity index (χ3v) is 3.97. The van der Waals surface area contributed by atoms with Gasteiger partial charge in [0.2, 0.25) is 5.91 Å². The van der Waals surface area contributed by atoms with Crippen LogP contribution in [-0.2, 0) is 14.3 Å². The summed E-state index contributed by atoms with van der Waals surface area (Å²) in [6, 6.07) is 9.18. The second-order valence-corrected chi connectivity index (χ2v) is 6.49. The van der Waals surface area contributed by atoms with E-state index in [1.165, 1.54) is 26.0 Å². The maximum Gasteiger partial charge on any atom is 0.341 e. The number of nitrogens with one attached hydrogen (secondary N) is 2. The molecular formula is C18H17Cl2N3O4. The minimum Gasteiger partial charge on any atom is -0.449 e. The van der Waals surface area contributed by atoms with Crippen molar-refractivity contribution in [3.05, 3.63) is 52.0 Å². The molecule has 2 aromatic rings. The lowest BCUT2D eigenvalue weighted by Crippen LogP contribution is -2.30. The molecule has 0 bridgehead atoms. The smallest absolute Gasteiger partial charge is 0.341 e. The van der Waals surface area contributed by atoms with Crippen LogP contribution in [0.1, 0.15) is 24.2 Å². The highest BCUT2D eigenvalue weighted by Gasteiger charge is 2.22. The lowest BCUT2D eigenvalue weighted by molar-refractivity contribution is -0.123. The predicted octanol–water partition coefficient (Wildman–Crippen LogP) is 3.72. The molecule has 1 atom stereocenters. The van der Waals surface area contributed by atoms with Gasteiger partial charge in [0, 0.05) is 23.3 Å². The van der Waals surface area contributed by atoms with Crippen molar-refractivity contribution in [1.29, 1.82) is 0 Å². The SMILES string of the molecule is CC(=O)Nc1ccc(NC(=O)[C@H](C)OC(=O)c2cc(Cl)cc(Cl)c2N)cc1. The number of nitrogen functional groups attached to an aromatic ring is 1. The van der Waals surface area contributed by atoms with Crippen LogP contribution < -0.4 is 16.4 Å². The molecule has 0 aliphatic carbocycles. The molecule has 0 aromatic heterocycles. The topological polar surface area (TPSA) is 111 Å². The van der Waals surface area contributed by atoms with Crippen LogP contribution in [0.2, 0.25) is 10.0 Å². The van der Waals surface area contributed by atoms with Crippen LogP contribution in [-0.4, -0.2) is 23.9 Å². The van der Waals surface area contributed by atoms with Crippen molar-refractivity contribution >= 4 is 58.0 Å². The van der Waals surface area contributed by atoms with Crippen molar-refractivity contribution in [3.8, 4) is 0 Å². The first kappa shape index (κ1) is 20.5. The van der Waals surface area contributed by atoms with Gasteiger partial charge in [0.25, 0.3) is 5.91 Å². The van der Waals surface area contributed by atoms with Crippen LogP contribution >= 0.6 is 23.2 Å². The summed E-state index contributed by atoms with van der Waals surface area (Å²) in [6.45, 7) is 2.81. The fraction of sp³-hybridized carbons (Fsp3) is 0.167. The van der Waals surface area contributed by atoms with Gasteiger partial charge < -0.3 is 21.1 Å². The highest BCUT2D eigenvalue weighted by molar-refractivity contribution is 6.37. The Morgan fingerprint density at radius 1 is 1.04 bits per heavy atom. The van der Waals surface area contributed by atoms with Crippen LogP contribution in [0.5, 0.6) is 0 Å². The van der Waals surface area contributed by atoms with Crippen molar-refractivity contribution in [2.24, 2.45) is 0 Å². The van der Waals surface area contributed by atoms with Crippen molar-refractivity contribution in [1.82, 2.24) is 0 Å². The van der Waals surface area contributed by atoms with E-state index >= 15 is 0 Å². The summed E-state index contributed by atoms with van der Waals surface area (Å²) in [7, 11) is 0. The molecular weight excluding hydrogens is 393 g/mol. The summed E-state index contributed by atoms with van der Waals surface area (Å²) in [4.78, 5) is 35.5. The summed E-state index contributed by atoms with van der Waals surface area (Å²) < 4.78 is 5.13. The van der Waals surface area contributed by atoms with Crippen molar-refractivity contribution < 1.29 is 19.1 Å². The zero-order valence-electron chi connectivity index (χ0n) is 14.5. The molecule has 0 saturated heterocycles. The van der Waals surface area contributed by atoms with Crippen LogP contribution in [0.15, 0.2) is 36.4 Å². The monoisotopic (exact) mass is 409 g/mol. The van der Waals surface area contributed by atoms with E-state index in [2.05, 4.69) is 10.6 Å². The molecule has 0 heterocycles. The van der Waals surface area contributed by atoms with Crippen molar-refractivity contribution in [2.45, 2.75) is 20.0 Å². The molecule has 0 saturated carbocycles. The molecule has 0 spiro atoms. The molecule has 142 valence electrons. The second kappa shape index (κ2) is 8.75. The Morgan fingerprint density at radius 2 is 1.59 bits per heavy atom. The number of benzene rings is 2. The standard InChI is InChI=1S/C18H17Cl2N3O4/c1-9(27-18(26)14-7-11(19)8-15(20)16(14)21)17(25)23-13-5-3-12(4-6-13)22-10(2)24/h3-9H,21H2,1-2H3,(H,22,24)(H,23,25)/t9-/m0/s1. The Bertz CT molecular complexity index is 885. The van der Waals surface area contributed by atoms with Gasteiger partial charge in [-0.3, -0.25) is 9.59 Å². The van der Waals surface area contributed by atoms with E-state index in [0.29, 0.717) is 11.4 Å². The van der Waals surface area contributed by atoms with Crippen LogP contribution in [0.25, 0.3) is 0 Å². The fourth-order valence-electron chi connectivity index (χ4n) is 2.12. The zero-order valence-corrected chi connectivity index (χ0v) is 16.0. The molecule has 2 aromatic carbocycles. The number of hydrogen-bond donors (Lipinski definition) is 3. The van der Waals surface area contributed by atoms with Gasteiger partial charge in [-0.2, -0.15) is 0 Å². The quantitative estimate of drug-likeness (QED) is 0.514. The average molecular weight is 410 g/mol. The van der Waals surface area contributed by atoms with Crippen LogP contribution in [0, 0.1) is 0 Å². The molecule has 0 unspecified atom stereocenters. The number of carbonyl (C=O) groups excluding carboxylic acids is 3. The summed E-state index contributed by atoms with van der Waals surface area (Å²) in [5, 5.41) is 5.55. The van der Waals surface area contributed by atoms with E-state index < -0.39 is 18.0 Å². The predicted molar refractivity (Wildman–Crippen MR) is 105 cm³/mol. The van der Waals surface area contributed by atoms with Crippen molar-refractivity contribution in [2.75, 3.05) is 16.4 Å². The Hall–Kier alpha value is -2.77. The highest BCUT2D eigenvalue weighted by atomic mass is 35.5. The number of amides is 2. The first-order chi connectivity index (χ1) is 12.7. The molecule has 27 heavy (non-hydrogen) atoms. The molecule has 0 radical (unpaired) electrons. The van der Waals surface area contributed by atoms with E-state index in [1.54, 1.807) is 24.3 Å². The second-order valence-electron chi connectivity index (χ2n) is 5.64. The first-order valence-electron chi connectivity index (χ1n) is 7.81. The number of hydrogen-bond acceptors (Lipinski definition) is 5. The Labute approximate surface area is 165 Å². The number of rotatable bonds is 5. The maximum absolute atomic E-state index is 12.2. The Kier molecular flexibility index (Phi) is 6.65. The first-order valence-corrected chi connectivity index (χ1v) is 8.57. The van der Waals surface area contributed by atoms with Gasteiger partial charge in [0.15, 0.2) is 6.10 Å². The molecule has 0 fully saturated rings. The normalized spacial score (nSPS) is 11.4. The lowest BCUT2D eigenvalue weighted by Gasteiger charge is -2.15. The lowest BCUT2D eigenvalue weighted by atomic mass is 10.2. The van der Waals surface area contributed by atoms with E-state index in [1.807, 2.05) is 0 Å². The van der Waals surface area contributed by atoms with Gasteiger partial charge in [-0.1, -0.05) is 23.2 Å². The summed E-state index contributed by atoms with van der Waals surface area (Å²) in [6.07, 6.45) is -1.09. The zero-order chi connectivity index (χ0) is 20.1. The van der Waals surface area contributed by atoms with Gasteiger partial charge in [0.1, 0.15) is 0 Å². The number of nitrogens with two attached hydrogens (primary N) is 1. The van der Waals surface area contributed by atoms with E-state index in [9.17, 15) is 14.4 Å². The third kappa shape index (κ3) is 5.60. The maximum atomic E-state index is 12.2. The van der Waals surface area contributed by atoms with Crippen LogP contribution in [0.4, 0.5) is 17.1 Å². The Balaban J connectivity index is 2.01. The number of esters is 1. The molecule has 4 N–H and O–H groups in total. The van der Waals surface area contributed by atoms with Crippen LogP contribution in [0.3, 0.4) is 0 Å². The number of carbonyl (C=O) groups is 3. The summed E-state index contributed by atoms with van der Waals surface area (Å²) in [5.41, 5.74) is 6.82. The highest BCUT2D eigenvalue weighted by Crippen LogP contribution is 2.28. The van der Waals surface area contributed by atoms with Gasteiger partial charge in [-0.15, -0.1) is 0 Å². The van der Waals surface area contributed by atoms with Crippen molar-refractivity contribution in [3.63, 3.8) is 0 Å². The number of ether oxygens (including phenoxy) is 1. The van der Waals surface area contributed by atoms with Gasteiger partial charge in [-0.05, 0) is 43.3 Å². The largest absolute Gasteiger partial charge is 0.449 e. The molecule has 7 nitrogen and oxygen atoms in total. The minimum atomic E-state index is -1.09. The summed E-state index contributed by atoms with van der Waals surface area (Å²) in [5.74, 6) is -1.56. The number of anilines is 3. The third-order valence-electron chi connectivity index (χ3n) is 3.44. The van der Waals surface area contributed by atoms with E-state index in [0.717, 1.165) is 0 Å². The molecule has 0 aliphatic rings. The van der Waals surface area contributed by atoms with Gasteiger partial charge in [-0.25, -0.2) is 4.79 Å². The summed E-state index contributed by atoms with van der Waals surface area (Å²) >= 11 is 11.8. The molecule has 2 amide bonds. The minimum absolute atomic E-state index is 0.0206. The van der Waals surface area contributed by atoms with Gasteiger partial charge >= 0.3 is 5.97 Å². The fourth-order valence-corrected chi connectivity index (χ4v) is 2.61.